The van der Waals surface area contributed by atoms with E-state index >= 15 is 0 Å². The van der Waals surface area contributed by atoms with Gasteiger partial charge in [0, 0.05) is 12.5 Å². The molecular formula is C10H12ClFN4O2. The molecule has 0 radical (unpaired) electrons. The first-order valence-corrected chi connectivity index (χ1v) is 4.99. The summed E-state index contributed by atoms with van der Waals surface area (Å²) in [4.78, 5) is 9.00. The van der Waals surface area contributed by atoms with Gasteiger partial charge in [0.1, 0.15) is 5.82 Å². The van der Waals surface area contributed by atoms with Crippen LogP contribution in [0.5, 0.6) is 0 Å². The summed E-state index contributed by atoms with van der Waals surface area (Å²) in [5.41, 5.74) is 7.27. The Morgan fingerprint density at radius 3 is 2.67 bits per heavy atom. The highest BCUT2D eigenvalue weighted by atomic mass is 35.5. The number of hydrazone groups is 1. The normalized spacial score (nSPS) is 9.50. The summed E-state index contributed by atoms with van der Waals surface area (Å²) in [6.45, 7) is 1.08. The summed E-state index contributed by atoms with van der Waals surface area (Å²) >= 11 is 5.70. The van der Waals surface area contributed by atoms with Gasteiger partial charge in [0.15, 0.2) is 0 Å². The molecule has 8 heteroatoms. The topological polar surface area (TPSA) is 112 Å². The molecule has 0 fully saturated rings. The number of halogens is 2. The molecule has 6 nitrogen and oxygen atoms in total. The predicted octanol–water partition coefficient (Wildman–Crippen LogP) is 1.39. The standard InChI is InChI=1S/C8H8ClFN4.C2H4O2/c9-6-2-1-3-7(10)5(6)4-13-14-8(11)12;1-2(3)4/h1-4H,(H4,11,12,14);1H3,(H,3,4)/b13-4+;. The van der Waals surface area contributed by atoms with E-state index in [9.17, 15) is 4.39 Å². The Morgan fingerprint density at radius 1 is 1.67 bits per heavy atom. The zero-order chi connectivity index (χ0) is 14.1. The van der Waals surface area contributed by atoms with E-state index < -0.39 is 11.8 Å². The van der Waals surface area contributed by atoms with E-state index in [0.717, 1.165) is 6.92 Å². The average Bonchev–Trinajstić information content (AvgIpc) is 2.21. The predicted molar refractivity (Wildman–Crippen MR) is 67.4 cm³/mol. The Hall–Kier alpha value is -2.15. The van der Waals surface area contributed by atoms with E-state index in [1.54, 1.807) is 6.07 Å². The number of hydrogen-bond acceptors (Lipinski definition) is 3. The number of rotatable bonds is 2. The Labute approximate surface area is 108 Å². The minimum atomic E-state index is -0.833. The van der Waals surface area contributed by atoms with Crippen LogP contribution in [-0.4, -0.2) is 23.2 Å². The molecule has 0 bridgehead atoms. The maximum atomic E-state index is 13.1. The molecular weight excluding hydrogens is 263 g/mol. The molecule has 98 valence electrons. The molecule has 18 heavy (non-hydrogen) atoms. The molecule has 0 atom stereocenters. The van der Waals surface area contributed by atoms with Crippen LogP contribution < -0.4 is 11.2 Å². The molecule has 1 aromatic carbocycles. The molecule has 0 spiro atoms. The number of benzene rings is 1. The molecule has 0 aromatic heterocycles. The first-order valence-electron chi connectivity index (χ1n) is 4.61. The van der Waals surface area contributed by atoms with Crippen LogP contribution in [0.1, 0.15) is 12.5 Å². The van der Waals surface area contributed by atoms with Crippen molar-refractivity contribution in [3.05, 3.63) is 34.6 Å². The van der Waals surface area contributed by atoms with Gasteiger partial charge >= 0.3 is 0 Å². The van der Waals surface area contributed by atoms with Crippen LogP contribution in [0.15, 0.2) is 23.3 Å². The van der Waals surface area contributed by atoms with Crippen molar-refractivity contribution >= 4 is 29.7 Å². The van der Waals surface area contributed by atoms with Crippen LogP contribution in [0.3, 0.4) is 0 Å². The van der Waals surface area contributed by atoms with Crippen molar-refractivity contribution < 1.29 is 14.3 Å². The molecule has 0 aliphatic heterocycles. The van der Waals surface area contributed by atoms with Crippen molar-refractivity contribution in [2.45, 2.75) is 6.92 Å². The molecule has 0 aliphatic rings. The van der Waals surface area contributed by atoms with Crippen LogP contribution in [-0.2, 0) is 4.79 Å². The van der Waals surface area contributed by atoms with Gasteiger partial charge in [0.05, 0.1) is 11.2 Å². The van der Waals surface area contributed by atoms with Gasteiger partial charge in [-0.2, -0.15) is 5.10 Å². The molecule has 1 aromatic rings. The van der Waals surface area contributed by atoms with Gasteiger partial charge in [0.2, 0.25) is 5.96 Å². The summed E-state index contributed by atoms with van der Waals surface area (Å²) < 4.78 is 13.1. The smallest absolute Gasteiger partial charge is 0.300 e. The number of carboxylic acid groups (broad SMARTS) is 1. The van der Waals surface area contributed by atoms with Crippen molar-refractivity contribution in [3.8, 4) is 0 Å². The van der Waals surface area contributed by atoms with Gasteiger partial charge in [0.25, 0.3) is 5.97 Å². The number of nitrogens with two attached hydrogens (primary N) is 1. The number of nitrogens with one attached hydrogen (secondary N) is 2. The van der Waals surface area contributed by atoms with E-state index in [1.165, 1.54) is 18.3 Å². The zero-order valence-electron chi connectivity index (χ0n) is 9.45. The number of carbonyl (C=O) groups is 1. The largest absolute Gasteiger partial charge is 0.481 e. The fourth-order valence-corrected chi connectivity index (χ4v) is 1.01. The lowest BCUT2D eigenvalue weighted by molar-refractivity contribution is -0.134. The third kappa shape index (κ3) is 7.18. The van der Waals surface area contributed by atoms with Gasteiger partial charge in [-0.05, 0) is 12.1 Å². The highest BCUT2D eigenvalue weighted by Crippen LogP contribution is 2.16. The fourth-order valence-electron chi connectivity index (χ4n) is 0.800. The zero-order valence-corrected chi connectivity index (χ0v) is 10.2. The quantitative estimate of drug-likeness (QED) is 0.371. The number of nitrogens with zero attached hydrogens (tertiary/aromatic N) is 1. The second kappa shape index (κ2) is 8.02. The third-order valence-corrected chi connectivity index (χ3v) is 1.71. The maximum absolute atomic E-state index is 13.1. The third-order valence-electron chi connectivity index (χ3n) is 1.38. The molecule has 0 heterocycles. The van der Waals surface area contributed by atoms with Crippen LogP contribution >= 0.6 is 11.6 Å². The van der Waals surface area contributed by atoms with E-state index in [1.807, 2.05) is 0 Å². The van der Waals surface area contributed by atoms with Crippen molar-refractivity contribution in [1.29, 1.82) is 5.41 Å². The summed E-state index contributed by atoms with van der Waals surface area (Å²) in [6, 6.07) is 4.30. The van der Waals surface area contributed by atoms with E-state index in [-0.39, 0.29) is 16.5 Å². The van der Waals surface area contributed by atoms with Gasteiger partial charge in [-0.25, -0.2) is 9.82 Å². The van der Waals surface area contributed by atoms with Gasteiger partial charge in [-0.15, -0.1) is 0 Å². The van der Waals surface area contributed by atoms with Crippen LogP contribution in [0, 0.1) is 11.2 Å². The van der Waals surface area contributed by atoms with Crippen LogP contribution in [0.4, 0.5) is 4.39 Å². The molecule has 0 saturated heterocycles. The molecule has 0 saturated carbocycles. The van der Waals surface area contributed by atoms with Crippen molar-refractivity contribution in [2.75, 3.05) is 0 Å². The number of guanidine groups is 1. The lowest BCUT2D eigenvalue weighted by atomic mass is 10.2. The Morgan fingerprint density at radius 2 is 2.22 bits per heavy atom. The molecule has 0 aliphatic carbocycles. The van der Waals surface area contributed by atoms with Crippen molar-refractivity contribution in [1.82, 2.24) is 5.43 Å². The Bertz CT molecular complexity index is 441. The Kier molecular flexibility index (Phi) is 7.06. The number of aliphatic carboxylic acids is 1. The van der Waals surface area contributed by atoms with E-state index in [0.29, 0.717) is 0 Å². The highest BCUT2D eigenvalue weighted by Gasteiger charge is 2.02. The first-order chi connectivity index (χ1) is 8.34. The minimum Gasteiger partial charge on any atom is -0.481 e. The number of carboxylic acids is 1. The lowest BCUT2D eigenvalue weighted by Crippen LogP contribution is -2.25. The fraction of sp³-hybridized carbons (Fsp3) is 0.100. The monoisotopic (exact) mass is 274 g/mol. The van der Waals surface area contributed by atoms with E-state index in [4.69, 9.17) is 32.6 Å². The van der Waals surface area contributed by atoms with Crippen LogP contribution in [0.25, 0.3) is 0 Å². The maximum Gasteiger partial charge on any atom is 0.300 e. The summed E-state index contributed by atoms with van der Waals surface area (Å²) in [5, 5.41) is 18.0. The summed E-state index contributed by atoms with van der Waals surface area (Å²) in [5.74, 6) is -1.64. The molecule has 0 amide bonds. The first kappa shape index (κ1) is 15.9. The number of hydrogen-bond donors (Lipinski definition) is 4. The van der Waals surface area contributed by atoms with E-state index in [2.05, 4.69) is 10.5 Å². The minimum absolute atomic E-state index is 0.155. The summed E-state index contributed by atoms with van der Waals surface area (Å²) in [6.07, 6.45) is 1.17. The molecule has 0 unspecified atom stereocenters. The molecule has 5 N–H and O–H groups in total. The Balaban J connectivity index is 0.000000631. The highest BCUT2D eigenvalue weighted by molar-refractivity contribution is 6.33. The second-order valence-corrected chi connectivity index (χ2v) is 3.35. The van der Waals surface area contributed by atoms with Crippen molar-refractivity contribution in [2.24, 2.45) is 10.8 Å². The van der Waals surface area contributed by atoms with Crippen molar-refractivity contribution in [3.63, 3.8) is 0 Å². The second-order valence-electron chi connectivity index (χ2n) is 2.94. The SMILES string of the molecule is CC(=O)O.N=C(N)N/N=C/c1c(F)cccc1Cl. The average molecular weight is 275 g/mol. The lowest BCUT2D eigenvalue weighted by Gasteiger charge is -1.99. The summed E-state index contributed by atoms with van der Waals surface area (Å²) in [7, 11) is 0. The van der Waals surface area contributed by atoms with Crippen LogP contribution in [0.2, 0.25) is 5.02 Å². The van der Waals surface area contributed by atoms with Gasteiger partial charge in [-0.1, -0.05) is 17.7 Å². The molecule has 1 rings (SSSR count). The van der Waals surface area contributed by atoms with Gasteiger partial charge < -0.3 is 10.8 Å². The van der Waals surface area contributed by atoms with Gasteiger partial charge in [-0.3, -0.25) is 10.2 Å².